The number of methoxy groups -OCH3 is 1. The van der Waals surface area contributed by atoms with Crippen LogP contribution in [0.4, 0.5) is 24.5 Å². The number of amides is 1. The van der Waals surface area contributed by atoms with Gasteiger partial charge in [-0.05, 0) is 31.2 Å². The molecule has 2 aromatic carbocycles. The molecule has 0 bridgehead atoms. The number of nitrogens with one attached hydrogen (secondary N) is 2. The second-order valence-corrected chi connectivity index (χ2v) is 7.12. The molecule has 1 amide bonds. The molecule has 0 saturated carbocycles. The minimum atomic E-state index is -1.63. The van der Waals surface area contributed by atoms with E-state index in [0.717, 1.165) is 36.7 Å². The predicted molar refractivity (Wildman–Crippen MR) is 118 cm³/mol. The third-order valence-electron chi connectivity index (χ3n) is 5.01. The molecule has 1 heterocycles. The Hall–Kier alpha value is -3.43. The van der Waals surface area contributed by atoms with Crippen molar-refractivity contribution < 1.29 is 22.7 Å². The quantitative estimate of drug-likeness (QED) is 0.403. The van der Waals surface area contributed by atoms with Crippen LogP contribution in [-0.4, -0.2) is 63.1 Å². The van der Waals surface area contributed by atoms with E-state index >= 15 is 0 Å². The number of carbonyl (C=O) groups excluding carboxylic acids is 1. The summed E-state index contributed by atoms with van der Waals surface area (Å²) in [5, 5.41) is 5.37. The highest BCUT2D eigenvalue weighted by Crippen LogP contribution is 2.22. The molecule has 0 atom stereocenters. The number of ether oxygens (including phenoxy) is 1. The molecule has 1 fully saturated rings. The minimum absolute atomic E-state index is 0.295. The molecule has 32 heavy (non-hydrogen) atoms. The number of benzene rings is 2. The number of aliphatic imine (C=N–C) groups is 1. The van der Waals surface area contributed by atoms with E-state index in [2.05, 4.69) is 20.5 Å². The average Bonchev–Trinajstić information content (AvgIpc) is 2.82. The normalized spacial score (nSPS) is 14.3. The van der Waals surface area contributed by atoms with Crippen molar-refractivity contribution in [1.29, 1.82) is 0 Å². The number of guanidine groups is 1. The summed E-state index contributed by atoms with van der Waals surface area (Å²) in [5.74, 6) is -3.68. The second-order valence-electron chi connectivity index (χ2n) is 7.12. The van der Waals surface area contributed by atoms with Gasteiger partial charge in [0.2, 0.25) is 5.91 Å². The highest BCUT2D eigenvalue weighted by Gasteiger charge is 2.21. The Bertz CT molecular complexity index is 978. The van der Waals surface area contributed by atoms with E-state index in [1.165, 1.54) is 0 Å². The smallest absolute Gasteiger partial charge is 0.246 e. The molecule has 172 valence electrons. The summed E-state index contributed by atoms with van der Waals surface area (Å²) < 4.78 is 45.4. The Morgan fingerprint density at radius 2 is 1.84 bits per heavy atom. The van der Waals surface area contributed by atoms with Crippen LogP contribution in [0.5, 0.6) is 5.75 Å². The van der Waals surface area contributed by atoms with Crippen LogP contribution in [-0.2, 0) is 4.79 Å². The van der Waals surface area contributed by atoms with Crippen LogP contribution in [0.1, 0.15) is 6.92 Å². The SMILES string of the molecule is CCNC(=NCC(=O)Nc1ccc(F)c(F)c1F)N1CCN(c2cccc(OC)c2)CC1. The van der Waals surface area contributed by atoms with Gasteiger partial charge in [-0.25, -0.2) is 18.2 Å². The van der Waals surface area contributed by atoms with E-state index in [-0.39, 0.29) is 6.54 Å². The van der Waals surface area contributed by atoms with Crippen molar-refractivity contribution in [1.82, 2.24) is 10.2 Å². The summed E-state index contributed by atoms with van der Waals surface area (Å²) in [6.07, 6.45) is 0. The van der Waals surface area contributed by atoms with Crippen LogP contribution in [0, 0.1) is 17.5 Å². The molecule has 2 N–H and O–H groups in total. The van der Waals surface area contributed by atoms with Gasteiger partial charge in [0.05, 0.1) is 12.8 Å². The average molecular weight is 449 g/mol. The highest BCUT2D eigenvalue weighted by atomic mass is 19.2. The monoisotopic (exact) mass is 449 g/mol. The number of piperazine rings is 1. The molecule has 1 saturated heterocycles. The number of rotatable bonds is 6. The first-order valence-electron chi connectivity index (χ1n) is 10.3. The number of hydrogen-bond acceptors (Lipinski definition) is 4. The largest absolute Gasteiger partial charge is 0.497 e. The third-order valence-corrected chi connectivity index (χ3v) is 5.01. The van der Waals surface area contributed by atoms with E-state index in [0.29, 0.717) is 25.6 Å². The second kappa shape index (κ2) is 10.7. The van der Waals surface area contributed by atoms with Crippen molar-refractivity contribution in [2.24, 2.45) is 4.99 Å². The number of hydrogen-bond donors (Lipinski definition) is 2. The van der Waals surface area contributed by atoms with E-state index in [1.807, 2.05) is 36.1 Å². The molecule has 0 radical (unpaired) electrons. The predicted octanol–water partition coefficient (Wildman–Crippen LogP) is 2.84. The Balaban J connectivity index is 1.60. The van der Waals surface area contributed by atoms with Gasteiger partial charge in [0.25, 0.3) is 0 Å². The number of nitrogens with zero attached hydrogens (tertiary/aromatic N) is 3. The molecular weight excluding hydrogens is 423 g/mol. The van der Waals surface area contributed by atoms with Crippen LogP contribution < -0.4 is 20.3 Å². The fraction of sp³-hybridized carbons (Fsp3) is 0.364. The van der Waals surface area contributed by atoms with Crippen LogP contribution in [0.25, 0.3) is 0 Å². The maximum Gasteiger partial charge on any atom is 0.246 e. The van der Waals surface area contributed by atoms with Gasteiger partial charge in [-0.3, -0.25) is 4.79 Å². The van der Waals surface area contributed by atoms with E-state index < -0.39 is 29.0 Å². The summed E-state index contributed by atoms with van der Waals surface area (Å²) in [4.78, 5) is 20.8. The Kier molecular flexibility index (Phi) is 7.80. The van der Waals surface area contributed by atoms with Gasteiger partial charge in [-0.1, -0.05) is 6.07 Å². The topological polar surface area (TPSA) is 69.2 Å². The summed E-state index contributed by atoms with van der Waals surface area (Å²) in [6.45, 7) is 5.10. The zero-order valence-electron chi connectivity index (χ0n) is 18.0. The molecule has 3 rings (SSSR count). The van der Waals surface area contributed by atoms with Gasteiger partial charge >= 0.3 is 0 Å². The van der Waals surface area contributed by atoms with Crippen LogP contribution in [0.3, 0.4) is 0 Å². The summed E-state index contributed by atoms with van der Waals surface area (Å²) in [5.41, 5.74) is 0.639. The first kappa shape index (κ1) is 23.2. The molecular formula is C22H26F3N5O2. The lowest BCUT2D eigenvalue weighted by molar-refractivity contribution is -0.114. The third kappa shape index (κ3) is 5.63. The van der Waals surface area contributed by atoms with Crippen LogP contribution >= 0.6 is 0 Å². The fourth-order valence-corrected chi connectivity index (χ4v) is 3.37. The number of carbonyl (C=O) groups is 1. The van der Waals surface area contributed by atoms with Crippen molar-refractivity contribution in [3.8, 4) is 5.75 Å². The number of anilines is 2. The van der Waals surface area contributed by atoms with Crippen LogP contribution in [0.15, 0.2) is 41.4 Å². The van der Waals surface area contributed by atoms with Crippen molar-refractivity contribution in [3.05, 3.63) is 53.8 Å². The Morgan fingerprint density at radius 1 is 1.09 bits per heavy atom. The van der Waals surface area contributed by atoms with Crippen molar-refractivity contribution in [2.45, 2.75) is 6.92 Å². The van der Waals surface area contributed by atoms with Gasteiger partial charge in [0.1, 0.15) is 12.3 Å². The minimum Gasteiger partial charge on any atom is -0.497 e. The van der Waals surface area contributed by atoms with Gasteiger partial charge in [0, 0.05) is 44.5 Å². The Morgan fingerprint density at radius 3 is 2.53 bits per heavy atom. The van der Waals surface area contributed by atoms with Gasteiger partial charge in [-0.2, -0.15) is 0 Å². The summed E-state index contributed by atoms with van der Waals surface area (Å²) in [7, 11) is 1.63. The molecule has 0 unspecified atom stereocenters. The van der Waals surface area contributed by atoms with Gasteiger partial charge in [0.15, 0.2) is 23.4 Å². The van der Waals surface area contributed by atoms with Crippen LogP contribution in [0.2, 0.25) is 0 Å². The molecule has 10 heteroatoms. The maximum atomic E-state index is 13.8. The fourth-order valence-electron chi connectivity index (χ4n) is 3.37. The molecule has 1 aliphatic rings. The maximum absolute atomic E-state index is 13.8. The van der Waals surface area contributed by atoms with E-state index in [1.54, 1.807) is 7.11 Å². The van der Waals surface area contributed by atoms with E-state index in [4.69, 9.17) is 4.74 Å². The molecule has 0 aromatic heterocycles. The molecule has 0 spiro atoms. The molecule has 1 aliphatic heterocycles. The standard InChI is InChI=1S/C22H26F3N5O2/c1-3-26-22(27-14-19(31)28-18-8-7-17(23)20(24)21(18)25)30-11-9-29(10-12-30)15-5-4-6-16(13-15)32-2/h4-8,13H,3,9-12,14H2,1-2H3,(H,26,27)(H,28,31). The Labute approximate surface area is 184 Å². The highest BCUT2D eigenvalue weighted by molar-refractivity contribution is 5.94. The molecule has 2 aromatic rings. The zero-order chi connectivity index (χ0) is 23.1. The lowest BCUT2D eigenvalue weighted by Gasteiger charge is -2.37. The molecule has 0 aliphatic carbocycles. The first-order valence-corrected chi connectivity index (χ1v) is 10.3. The summed E-state index contributed by atoms with van der Waals surface area (Å²) >= 11 is 0. The first-order chi connectivity index (χ1) is 15.4. The number of halogens is 3. The lowest BCUT2D eigenvalue weighted by Crippen LogP contribution is -2.52. The van der Waals surface area contributed by atoms with Crippen molar-refractivity contribution in [3.63, 3.8) is 0 Å². The lowest BCUT2D eigenvalue weighted by atomic mass is 10.2. The molecule has 7 nitrogen and oxygen atoms in total. The van der Waals surface area contributed by atoms with Gasteiger partial charge in [-0.15, -0.1) is 0 Å². The van der Waals surface area contributed by atoms with Crippen molar-refractivity contribution >= 4 is 23.2 Å². The van der Waals surface area contributed by atoms with Gasteiger partial charge < -0.3 is 25.2 Å². The van der Waals surface area contributed by atoms with E-state index in [9.17, 15) is 18.0 Å². The zero-order valence-corrected chi connectivity index (χ0v) is 18.0. The summed E-state index contributed by atoms with van der Waals surface area (Å²) in [6, 6.07) is 9.57. The van der Waals surface area contributed by atoms with Crippen molar-refractivity contribution in [2.75, 3.05) is 56.6 Å².